The molecular weight excluding hydrogens is 322 g/mol. The number of H-pyrrole nitrogens is 1. The molecule has 2 aromatic heterocycles. The van der Waals surface area contributed by atoms with Gasteiger partial charge in [-0.3, -0.25) is 14.7 Å². The van der Waals surface area contributed by atoms with Gasteiger partial charge in [-0.05, 0) is 26.7 Å². The Morgan fingerprint density at radius 1 is 1.36 bits per heavy atom. The molecule has 1 N–H and O–H groups in total. The van der Waals surface area contributed by atoms with Gasteiger partial charge in [0, 0.05) is 31.9 Å². The van der Waals surface area contributed by atoms with Gasteiger partial charge in [-0.1, -0.05) is 5.21 Å². The lowest BCUT2D eigenvalue weighted by molar-refractivity contribution is -0.129. The number of aromatic amines is 1. The van der Waals surface area contributed by atoms with Crippen LogP contribution in [0.2, 0.25) is 0 Å². The maximum Gasteiger partial charge on any atom is 0.276 e. The van der Waals surface area contributed by atoms with Crippen molar-refractivity contribution >= 4 is 11.8 Å². The number of likely N-dealkylation sites (tertiary alicyclic amines) is 1. The van der Waals surface area contributed by atoms with Crippen LogP contribution in [0.3, 0.4) is 0 Å². The molecule has 1 atom stereocenters. The zero-order valence-electron chi connectivity index (χ0n) is 15.0. The summed E-state index contributed by atoms with van der Waals surface area (Å²) in [5.41, 5.74) is 3.25. The Bertz CT molecular complexity index is 773. The van der Waals surface area contributed by atoms with E-state index in [1.54, 1.807) is 14.1 Å². The molecule has 3 rings (SSSR count). The molecule has 1 unspecified atom stereocenters. The van der Waals surface area contributed by atoms with E-state index in [9.17, 15) is 9.59 Å². The van der Waals surface area contributed by atoms with Crippen LogP contribution in [-0.2, 0) is 11.3 Å². The van der Waals surface area contributed by atoms with E-state index in [-0.39, 0.29) is 30.1 Å². The minimum atomic E-state index is -0.161. The van der Waals surface area contributed by atoms with Crippen LogP contribution < -0.4 is 0 Å². The van der Waals surface area contributed by atoms with Gasteiger partial charge in [0.2, 0.25) is 5.91 Å². The summed E-state index contributed by atoms with van der Waals surface area (Å²) in [4.78, 5) is 28.0. The number of hydrogen-bond donors (Lipinski definition) is 1. The first-order valence-corrected chi connectivity index (χ1v) is 8.31. The largest absolute Gasteiger partial charge is 0.347 e. The van der Waals surface area contributed by atoms with Gasteiger partial charge in [-0.15, -0.1) is 5.10 Å². The summed E-state index contributed by atoms with van der Waals surface area (Å²) in [5, 5.41) is 15.1. The molecule has 134 valence electrons. The molecule has 3 heterocycles. The lowest BCUT2D eigenvalue weighted by atomic mass is 10.0. The van der Waals surface area contributed by atoms with Gasteiger partial charge in [-0.25, -0.2) is 4.68 Å². The number of nitrogens with one attached hydrogen (secondary N) is 1. The Balaban J connectivity index is 1.78. The molecule has 0 spiro atoms. The third-order valence-corrected chi connectivity index (χ3v) is 4.59. The van der Waals surface area contributed by atoms with Crippen molar-refractivity contribution in [3.05, 3.63) is 28.8 Å². The molecule has 1 fully saturated rings. The molecule has 9 heteroatoms. The second-order valence-electron chi connectivity index (χ2n) is 6.59. The van der Waals surface area contributed by atoms with Gasteiger partial charge in [0.1, 0.15) is 6.54 Å². The number of likely N-dealkylation sites (N-methyl/N-ethyl adjacent to an activating group) is 1. The number of carbonyl (C=O) groups excluding carboxylic acids is 2. The molecular formula is C16H23N7O2. The summed E-state index contributed by atoms with van der Waals surface area (Å²) in [6, 6.07) is -0.000179. The van der Waals surface area contributed by atoms with E-state index >= 15 is 0 Å². The third kappa shape index (κ3) is 3.26. The standard InChI is InChI=1S/C16H23N7O2/c1-10-15(11(2)18-17-10)13-6-5-7-23(13)16(25)12-8-22(20-19-12)9-14(24)21(3)4/h8,13H,5-7,9H2,1-4H3,(H,17,18). The minimum Gasteiger partial charge on any atom is -0.347 e. The van der Waals surface area contributed by atoms with Crippen LogP contribution in [0.1, 0.15) is 46.3 Å². The summed E-state index contributed by atoms with van der Waals surface area (Å²) >= 11 is 0. The van der Waals surface area contributed by atoms with Crippen LogP contribution in [0.4, 0.5) is 0 Å². The highest BCUT2D eigenvalue weighted by atomic mass is 16.2. The first-order chi connectivity index (χ1) is 11.9. The summed E-state index contributed by atoms with van der Waals surface area (Å²) in [6.45, 7) is 4.66. The lowest BCUT2D eigenvalue weighted by Crippen LogP contribution is -2.31. The van der Waals surface area contributed by atoms with E-state index in [1.807, 2.05) is 18.7 Å². The number of aryl methyl sites for hydroxylation is 2. The summed E-state index contributed by atoms with van der Waals surface area (Å²) in [6.07, 6.45) is 3.38. The van der Waals surface area contributed by atoms with E-state index in [2.05, 4.69) is 20.5 Å². The van der Waals surface area contributed by atoms with E-state index < -0.39 is 0 Å². The lowest BCUT2D eigenvalue weighted by Gasteiger charge is -2.24. The highest BCUT2D eigenvalue weighted by Crippen LogP contribution is 2.35. The molecule has 0 radical (unpaired) electrons. The Morgan fingerprint density at radius 2 is 2.12 bits per heavy atom. The van der Waals surface area contributed by atoms with E-state index in [1.165, 1.54) is 15.8 Å². The molecule has 1 saturated heterocycles. The molecule has 0 aliphatic carbocycles. The van der Waals surface area contributed by atoms with Gasteiger partial charge < -0.3 is 9.80 Å². The van der Waals surface area contributed by atoms with Crippen molar-refractivity contribution in [1.29, 1.82) is 0 Å². The number of carbonyl (C=O) groups is 2. The van der Waals surface area contributed by atoms with E-state index in [4.69, 9.17) is 0 Å². The Kier molecular flexibility index (Phi) is 4.56. The minimum absolute atomic E-state index is 0.000179. The Morgan fingerprint density at radius 3 is 2.76 bits per heavy atom. The van der Waals surface area contributed by atoms with Crippen LogP contribution in [-0.4, -0.2) is 67.4 Å². The maximum absolute atomic E-state index is 12.9. The Hall–Kier alpha value is -2.71. The molecule has 1 aliphatic heterocycles. The summed E-state index contributed by atoms with van der Waals surface area (Å²) in [5.74, 6) is -0.265. The van der Waals surface area contributed by atoms with E-state index in [0.717, 1.165) is 29.8 Å². The predicted octanol–water partition coefficient (Wildman–Crippen LogP) is 0.684. The topological polar surface area (TPSA) is 100 Å². The molecule has 0 saturated carbocycles. The van der Waals surface area contributed by atoms with Crippen molar-refractivity contribution in [2.24, 2.45) is 0 Å². The number of aromatic nitrogens is 5. The van der Waals surface area contributed by atoms with Crippen LogP contribution in [0.25, 0.3) is 0 Å². The molecule has 0 aromatic carbocycles. The zero-order chi connectivity index (χ0) is 18.1. The average Bonchev–Trinajstić information content (AvgIpc) is 3.27. The highest BCUT2D eigenvalue weighted by molar-refractivity contribution is 5.92. The van der Waals surface area contributed by atoms with Crippen LogP contribution in [0, 0.1) is 13.8 Å². The highest BCUT2D eigenvalue weighted by Gasteiger charge is 2.34. The fraction of sp³-hybridized carbons (Fsp3) is 0.562. The average molecular weight is 345 g/mol. The smallest absolute Gasteiger partial charge is 0.276 e. The molecule has 2 amide bonds. The van der Waals surface area contributed by atoms with Crippen molar-refractivity contribution < 1.29 is 9.59 Å². The van der Waals surface area contributed by atoms with Crippen LogP contribution in [0.5, 0.6) is 0 Å². The van der Waals surface area contributed by atoms with Crippen molar-refractivity contribution in [3.63, 3.8) is 0 Å². The normalized spacial score (nSPS) is 17.1. The fourth-order valence-corrected chi connectivity index (χ4v) is 3.26. The van der Waals surface area contributed by atoms with Crippen molar-refractivity contribution in [3.8, 4) is 0 Å². The number of amides is 2. The quantitative estimate of drug-likeness (QED) is 0.878. The second-order valence-corrected chi connectivity index (χ2v) is 6.59. The third-order valence-electron chi connectivity index (χ3n) is 4.59. The van der Waals surface area contributed by atoms with Crippen molar-refractivity contribution in [1.82, 2.24) is 35.0 Å². The number of nitrogens with zero attached hydrogens (tertiary/aromatic N) is 6. The maximum atomic E-state index is 12.9. The Labute approximate surface area is 146 Å². The predicted molar refractivity (Wildman–Crippen MR) is 89.8 cm³/mol. The molecule has 25 heavy (non-hydrogen) atoms. The van der Waals surface area contributed by atoms with Gasteiger partial charge >= 0.3 is 0 Å². The van der Waals surface area contributed by atoms with Crippen LogP contribution >= 0.6 is 0 Å². The fourth-order valence-electron chi connectivity index (χ4n) is 3.26. The van der Waals surface area contributed by atoms with Gasteiger partial charge in [0.25, 0.3) is 5.91 Å². The zero-order valence-corrected chi connectivity index (χ0v) is 15.0. The molecule has 1 aliphatic rings. The van der Waals surface area contributed by atoms with Crippen molar-refractivity contribution in [2.75, 3.05) is 20.6 Å². The van der Waals surface area contributed by atoms with Crippen molar-refractivity contribution in [2.45, 2.75) is 39.3 Å². The molecule has 9 nitrogen and oxygen atoms in total. The number of rotatable bonds is 4. The summed E-state index contributed by atoms with van der Waals surface area (Å²) in [7, 11) is 3.35. The first kappa shape index (κ1) is 17.1. The molecule has 2 aromatic rings. The summed E-state index contributed by atoms with van der Waals surface area (Å²) < 4.78 is 1.40. The van der Waals surface area contributed by atoms with E-state index in [0.29, 0.717) is 6.54 Å². The van der Waals surface area contributed by atoms with Crippen LogP contribution in [0.15, 0.2) is 6.20 Å². The monoisotopic (exact) mass is 345 g/mol. The number of hydrogen-bond acceptors (Lipinski definition) is 5. The first-order valence-electron chi connectivity index (χ1n) is 8.31. The van der Waals surface area contributed by atoms with Gasteiger partial charge in [0.15, 0.2) is 5.69 Å². The SMILES string of the molecule is Cc1n[nH]c(C)c1C1CCCN1C(=O)c1cn(CC(=O)N(C)C)nn1. The van der Waals surface area contributed by atoms with Gasteiger partial charge in [-0.2, -0.15) is 5.10 Å². The van der Waals surface area contributed by atoms with Gasteiger partial charge in [0.05, 0.1) is 17.9 Å². The molecule has 0 bridgehead atoms. The second kappa shape index (κ2) is 6.66.